The fourth-order valence-electron chi connectivity index (χ4n) is 2.61. The maximum Gasteiger partial charge on any atom is 0.131 e. The highest BCUT2D eigenvalue weighted by Crippen LogP contribution is 2.45. The summed E-state index contributed by atoms with van der Waals surface area (Å²) in [4.78, 5) is 0. The van der Waals surface area contributed by atoms with E-state index >= 15 is 0 Å². The van der Waals surface area contributed by atoms with E-state index in [0.29, 0.717) is 5.92 Å². The summed E-state index contributed by atoms with van der Waals surface area (Å²) in [6.45, 7) is 2.24. The predicted molar refractivity (Wildman–Crippen MR) is 69.7 cm³/mol. The van der Waals surface area contributed by atoms with Crippen molar-refractivity contribution in [3.63, 3.8) is 0 Å². The third-order valence-electron chi connectivity index (χ3n) is 3.39. The Morgan fingerprint density at radius 1 is 0.882 bits per heavy atom. The molecular formula is C16H16O. The second-order valence-electron chi connectivity index (χ2n) is 4.52. The van der Waals surface area contributed by atoms with E-state index in [2.05, 4.69) is 43.3 Å². The number of para-hydroxylation sites is 2. The van der Waals surface area contributed by atoms with E-state index in [1.807, 2.05) is 12.1 Å². The molecule has 1 nitrogen and oxygen atoms in total. The number of hydrogen-bond acceptors (Lipinski definition) is 1. The van der Waals surface area contributed by atoms with E-state index in [1.165, 1.54) is 24.0 Å². The summed E-state index contributed by atoms with van der Waals surface area (Å²) in [5.41, 5.74) is 2.65. The molecule has 0 aromatic heterocycles. The van der Waals surface area contributed by atoms with Gasteiger partial charge in [0.05, 0.1) is 0 Å². The van der Waals surface area contributed by atoms with Crippen molar-refractivity contribution in [2.24, 2.45) is 0 Å². The smallest absolute Gasteiger partial charge is 0.131 e. The van der Waals surface area contributed by atoms with Gasteiger partial charge in [-0.15, -0.1) is 0 Å². The highest BCUT2D eigenvalue weighted by Gasteiger charge is 2.25. The van der Waals surface area contributed by atoms with Crippen molar-refractivity contribution in [3.8, 4) is 11.5 Å². The Morgan fingerprint density at radius 2 is 1.41 bits per heavy atom. The lowest BCUT2D eigenvalue weighted by Gasteiger charge is -2.27. The summed E-state index contributed by atoms with van der Waals surface area (Å²) in [5, 5.41) is 0. The van der Waals surface area contributed by atoms with Crippen LogP contribution < -0.4 is 4.74 Å². The molecule has 1 heteroatoms. The molecule has 0 fully saturated rings. The molecule has 2 aromatic rings. The average Bonchev–Trinajstić information content (AvgIpc) is 2.39. The molecule has 1 aliphatic heterocycles. The summed E-state index contributed by atoms with van der Waals surface area (Å²) in [5.74, 6) is 2.52. The maximum absolute atomic E-state index is 5.95. The number of benzene rings is 2. The molecular weight excluding hydrogens is 208 g/mol. The van der Waals surface area contributed by atoms with Crippen LogP contribution in [-0.2, 0) is 0 Å². The molecule has 0 amide bonds. The Bertz CT molecular complexity index is 485. The molecule has 17 heavy (non-hydrogen) atoms. The van der Waals surface area contributed by atoms with Crippen molar-refractivity contribution < 1.29 is 4.74 Å². The van der Waals surface area contributed by atoms with Gasteiger partial charge in [-0.3, -0.25) is 0 Å². The standard InChI is InChI=1S/C16H16O/c1-2-7-12-13-8-3-5-10-15(13)17-16-11-6-4-9-14(12)16/h3-6,8-12H,2,7H2,1H3. The van der Waals surface area contributed by atoms with Crippen LogP contribution in [0.5, 0.6) is 11.5 Å². The second-order valence-corrected chi connectivity index (χ2v) is 4.52. The molecule has 1 heterocycles. The third kappa shape index (κ3) is 1.72. The SMILES string of the molecule is CCCC1c2ccccc2Oc2ccccc21. The number of ether oxygens (including phenoxy) is 1. The van der Waals surface area contributed by atoms with Crippen LogP contribution in [0.3, 0.4) is 0 Å². The minimum Gasteiger partial charge on any atom is -0.457 e. The molecule has 0 saturated carbocycles. The van der Waals surface area contributed by atoms with E-state index in [1.54, 1.807) is 0 Å². The van der Waals surface area contributed by atoms with Crippen LogP contribution in [0.4, 0.5) is 0 Å². The van der Waals surface area contributed by atoms with Crippen LogP contribution in [-0.4, -0.2) is 0 Å². The van der Waals surface area contributed by atoms with Gasteiger partial charge in [-0.1, -0.05) is 49.7 Å². The first kappa shape index (κ1) is 10.4. The molecule has 86 valence electrons. The fraction of sp³-hybridized carbons (Fsp3) is 0.250. The lowest BCUT2D eigenvalue weighted by atomic mass is 9.85. The quantitative estimate of drug-likeness (QED) is 0.717. The Balaban J connectivity index is 2.13. The summed E-state index contributed by atoms with van der Waals surface area (Å²) in [7, 11) is 0. The van der Waals surface area contributed by atoms with Crippen LogP contribution in [0.1, 0.15) is 36.8 Å². The van der Waals surface area contributed by atoms with Gasteiger partial charge in [0.15, 0.2) is 0 Å². The summed E-state index contributed by atoms with van der Waals surface area (Å²) >= 11 is 0. The lowest BCUT2D eigenvalue weighted by molar-refractivity contribution is 0.440. The van der Waals surface area contributed by atoms with Crippen molar-refractivity contribution in [1.82, 2.24) is 0 Å². The summed E-state index contributed by atoms with van der Waals surface area (Å²) in [6.07, 6.45) is 2.37. The largest absolute Gasteiger partial charge is 0.457 e. The van der Waals surface area contributed by atoms with Crippen LogP contribution >= 0.6 is 0 Å². The first-order chi connectivity index (χ1) is 8.40. The van der Waals surface area contributed by atoms with Gasteiger partial charge in [0, 0.05) is 17.0 Å². The number of hydrogen-bond donors (Lipinski definition) is 0. The number of fused-ring (bicyclic) bond motifs is 2. The maximum atomic E-state index is 5.95. The van der Waals surface area contributed by atoms with Gasteiger partial charge in [-0.2, -0.15) is 0 Å². The van der Waals surface area contributed by atoms with Crippen LogP contribution in [0.15, 0.2) is 48.5 Å². The van der Waals surface area contributed by atoms with Gasteiger partial charge < -0.3 is 4.74 Å². The van der Waals surface area contributed by atoms with Gasteiger partial charge in [-0.25, -0.2) is 0 Å². The summed E-state index contributed by atoms with van der Waals surface area (Å²) < 4.78 is 5.95. The lowest BCUT2D eigenvalue weighted by Crippen LogP contribution is -2.09. The molecule has 0 radical (unpaired) electrons. The van der Waals surface area contributed by atoms with Crippen molar-refractivity contribution in [1.29, 1.82) is 0 Å². The monoisotopic (exact) mass is 224 g/mol. The molecule has 0 saturated heterocycles. The van der Waals surface area contributed by atoms with E-state index in [0.717, 1.165) is 11.5 Å². The number of rotatable bonds is 2. The molecule has 0 atom stereocenters. The predicted octanol–water partition coefficient (Wildman–Crippen LogP) is 4.72. The minimum absolute atomic E-state index is 0.487. The minimum atomic E-state index is 0.487. The Labute approximate surface area is 102 Å². The van der Waals surface area contributed by atoms with Gasteiger partial charge in [-0.05, 0) is 18.6 Å². The van der Waals surface area contributed by atoms with E-state index in [-0.39, 0.29) is 0 Å². The van der Waals surface area contributed by atoms with Crippen LogP contribution in [0.2, 0.25) is 0 Å². The molecule has 0 N–H and O–H groups in total. The van der Waals surface area contributed by atoms with Gasteiger partial charge in [0.1, 0.15) is 11.5 Å². The van der Waals surface area contributed by atoms with Crippen molar-refractivity contribution >= 4 is 0 Å². The first-order valence-electron chi connectivity index (χ1n) is 6.26. The Kier molecular flexibility index (Phi) is 2.60. The highest BCUT2D eigenvalue weighted by atomic mass is 16.5. The van der Waals surface area contributed by atoms with Crippen molar-refractivity contribution in [2.75, 3.05) is 0 Å². The highest BCUT2D eigenvalue weighted by molar-refractivity contribution is 5.53. The van der Waals surface area contributed by atoms with Crippen LogP contribution in [0, 0.1) is 0 Å². The molecule has 3 rings (SSSR count). The zero-order valence-electron chi connectivity index (χ0n) is 10.0. The average molecular weight is 224 g/mol. The molecule has 0 spiro atoms. The topological polar surface area (TPSA) is 9.23 Å². The molecule has 1 aliphatic rings. The zero-order chi connectivity index (χ0) is 11.7. The molecule has 0 unspecified atom stereocenters. The fourth-order valence-corrected chi connectivity index (χ4v) is 2.61. The Hall–Kier alpha value is -1.76. The van der Waals surface area contributed by atoms with Crippen molar-refractivity contribution in [3.05, 3.63) is 59.7 Å². The van der Waals surface area contributed by atoms with E-state index in [9.17, 15) is 0 Å². The van der Waals surface area contributed by atoms with Gasteiger partial charge in [0.2, 0.25) is 0 Å². The zero-order valence-corrected chi connectivity index (χ0v) is 10.0. The van der Waals surface area contributed by atoms with Gasteiger partial charge in [0.25, 0.3) is 0 Å². The molecule has 0 aliphatic carbocycles. The van der Waals surface area contributed by atoms with Gasteiger partial charge >= 0.3 is 0 Å². The Morgan fingerprint density at radius 3 is 1.94 bits per heavy atom. The van der Waals surface area contributed by atoms with E-state index in [4.69, 9.17) is 4.74 Å². The van der Waals surface area contributed by atoms with Crippen LogP contribution in [0.25, 0.3) is 0 Å². The third-order valence-corrected chi connectivity index (χ3v) is 3.39. The second kappa shape index (κ2) is 4.25. The molecule has 2 aromatic carbocycles. The first-order valence-corrected chi connectivity index (χ1v) is 6.26. The van der Waals surface area contributed by atoms with E-state index < -0.39 is 0 Å². The normalized spacial score (nSPS) is 13.7. The summed E-state index contributed by atoms with van der Waals surface area (Å²) in [6, 6.07) is 16.8. The molecule has 0 bridgehead atoms. The van der Waals surface area contributed by atoms with Crippen molar-refractivity contribution in [2.45, 2.75) is 25.7 Å².